The van der Waals surface area contributed by atoms with Gasteiger partial charge >= 0.3 is 0 Å². The lowest BCUT2D eigenvalue weighted by Gasteiger charge is -2.27. The third kappa shape index (κ3) is 4.74. The lowest BCUT2D eigenvalue weighted by molar-refractivity contribution is 1.32. The molecule has 10 rings (SSSR count). The van der Waals surface area contributed by atoms with Crippen molar-refractivity contribution >= 4 is 90.9 Å². The molecule has 2 heterocycles. The van der Waals surface area contributed by atoms with E-state index in [0.29, 0.717) is 0 Å². The van der Waals surface area contributed by atoms with Gasteiger partial charge < -0.3 is 4.90 Å². The van der Waals surface area contributed by atoms with Crippen LogP contribution in [0.3, 0.4) is 0 Å². The zero-order valence-corrected chi connectivity index (χ0v) is 28.1. The van der Waals surface area contributed by atoms with E-state index in [1.54, 1.807) is 0 Å². The summed E-state index contributed by atoms with van der Waals surface area (Å²) in [4.78, 5) is 2.48. The van der Waals surface area contributed by atoms with Crippen LogP contribution in [0.2, 0.25) is 0 Å². The molecule has 0 aliphatic heterocycles. The molecular formula is C46H29NS2. The van der Waals surface area contributed by atoms with E-state index in [0.717, 1.165) is 5.69 Å². The molecule has 0 spiro atoms. The topological polar surface area (TPSA) is 3.24 Å². The molecule has 0 aliphatic rings. The van der Waals surface area contributed by atoms with E-state index < -0.39 is 0 Å². The molecule has 0 saturated heterocycles. The highest BCUT2D eigenvalue weighted by Crippen LogP contribution is 2.48. The first-order chi connectivity index (χ1) is 24.3. The van der Waals surface area contributed by atoms with Crippen LogP contribution < -0.4 is 4.90 Å². The van der Waals surface area contributed by atoms with Crippen molar-refractivity contribution in [1.82, 2.24) is 0 Å². The number of fused-ring (bicyclic) bond motifs is 7. The third-order valence-corrected chi connectivity index (χ3v) is 12.1. The second kappa shape index (κ2) is 11.5. The summed E-state index contributed by atoms with van der Waals surface area (Å²) in [6.07, 6.45) is 0. The molecule has 0 saturated carbocycles. The van der Waals surface area contributed by atoms with Gasteiger partial charge in [-0.1, -0.05) is 127 Å². The van der Waals surface area contributed by atoms with Crippen molar-refractivity contribution in [2.45, 2.75) is 0 Å². The minimum Gasteiger partial charge on any atom is -0.308 e. The molecule has 10 aromatic rings. The summed E-state index contributed by atoms with van der Waals surface area (Å²) < 4.78 is 5.23. The van der Waals surface area contributed by atoms with E-state index in [2.05, 4.69) is 181 Å². The highest BCUT2D eigenvalue weighted by atomic mass is 32.1. The Balaban J connectivity index is 1.13. The number of thiophene rings is 2. The van der Waals surface area contributed by atoms with Gasteiger partial charge in [0.15, 0.2) is 0 Å². The van der Waals surface area contributed by atoms with Gasteiger partial charge in [0.2, 0.25) is 0 Å². The highest BCUT2D eigenvalue weighted by molar-refractivity contribution is 7.27. The fourth-order valence-electron chi connectivity index (χ4n) is 7.26. The largest absolute Gasteiger partial charge is 0.308 e. The Morgan fingerprint density at radius 2 is 0.796 bits per heavy atom. The Kier molecular flexibility index (Phi) is 6.61. The van der Waals surface area contributed by atoms with Gasteiger partial charge in [0.05, 0.1) is 20.8 Å². The van der Waals surface area contributed by atoms with Gasteiger partial charge in [-0.3, -0.25) is 0 Å². The van der Waals surface area contributed by atoms with Crippen LogP contribution in [-0.4, -0.2) is 0 Å². The van der Waals surface area contributed by atoms with Gasteiger partial charge in [0.1, 0.15) is 0 Å². The number of anilines is 3. The molecule has 0 aliphatic carbocycles. The van der Waals surface area contributed by atoms with Crippen molar-refractivity contribution in [1.29, 1.82) is 0 Å². The normalized spacial score (nSPS) is 11.7. The van der Waals surface area contributed by atoms with Crippen LogP contribution in [0.25, 0.3) is 73.4 Å². The average molecular weight is 660 g/mol. The zero-order valence-electron chi connectivity index (χ0n) is 26.5. The van der Waals surface area contributed by atoms with Crippen LogP contribution in [0.5, 0.6) is 0 Å². The van der Waals surface area contributed by atoms with Crippen molar-refractivity contribution in [3.63, 3.8) is 0 Å². The van der Waals surface area contributed by atoms with Gasteiger partial charge in [-0.25, -0.2) is 0 Å². The predicted molar refractivity (Wildman–Crippen MR) is 215 cm³/mol. The molecule has 0 unspecified atom stereocenters. The SMILES string of the molecule is c1ccc(-c2ccc3ccc(-c4ccc(N(c5cccc6c5sc5ccccc56)c5cccc6c5sc5ccccc56)cc4)cc3c2)cc1. The molecule has 3 heteroatoms. The first-order valence-corrected chi connectivity index (χ1v) is 18.2. The standard InChI is InChI=1S/C46H29NS2/c1-2-10-30(11-3-1)33-22-20-32-21-23-34(29-35(32)28-33)31-24-26-36(27-25-31)47(41-16-8-14-39-37-12-4-6-18-43(37)48-45(39)41)42-17-9-15-40-38-13-5-7-19-44(38)49-46(40)42/h1-29H. The molecule has 0 radical (unpaired) electrons. The maximum Gasteiger partial charge on any atom is 0.0640 e. The zero-order chi connectivity index (χ0) is 32.3. The molecule has 0 amide bonds. The molecule has 0 N–H and O–H groups in total. The van der Waals surface area contributed by atoms with Crippen LogP contribution in [-0.2, 0) is 0 Å². The minimum absolute atomic E-state index is 1.14. The average Bonchev–Trinajstić information content (AvgIpc) is 3.75. The van der Waals surface area contributed by atoms with Gasteiger partial charge in [0, 0.05) is 36.6 Å². The van der Waals surface area contributed by atoms with E-state index in [1.807, 2.05) is 22.7 Å². The number of nitrogens with zero attached hydrogens (tertiary/aromatic N) is 1. The van der Waals surface area contributed by atoms with Gasteiger partial charge in [-0.15, -0.1) is 22.7 Å². The van der Waals surface area contributed by atoms with Crippen LogP contribution in [0, 0.1) is 0 Å². The summed E-state index contributed by atoms with van der Waals surface area (Å²) in [6, 6.07) is 64.4. The van der Waals surface area contributed by atoms with Crippen LogP contribution >= 0.6 is 22.7 Å². The maximum absolute atomic E-state index is 2.48. The molecule has 49 heavy (non-hydrogen) atoms. The summed E-state index contributed by atoms with van der Waals surface area (Å²) in [6.45, 7) is 0. The van der Waals surface area contributed by atoms with Gasteiger partial charge in [-0.2, -0.15) is 0 Å². The number of hydrogen-bond acceptors (Lipinski definition) is 3. The smallest absolute Gasteiger partial charge is 0.0640 e. The Morgan fingerprint density at radius 1 is 0.327 bits per heavy atom. The number of hydrogen-bond donors (Lipinski definition) is 0. The second-order valence-electron chi connectivity index (χ2n) is 12.5. The lowest BCUT2D eigenvalue weighted by Crippen LogP contribution is -2.10. The highest BCUT2D eigenvalue weighted by Gasteiger charge is 2.21. The van der Waals surface area contributed by atoms with Crippen molar-refractivity contribution in [3.05, 3.63) is 176 Å². The van der Waals surface area contributed by atoms with Gasteiger partial charge in [-0.05, 0) is 81.6 Å². The Labute approximate surface area is 292 Å². The number of benzene rings is 8. The summed E-state index contributed by atoms with van der Waals surface area (Å²) in [5.41, 5.74) is 8.45. The molecule has 0 bridgehead atoms. The summed E-state index contributed by atoms with van der Waals surface area (Å²) in [5.74, 6) is 0. The molecule has 0 fully saturated rings. The lowest BCUT2D eigenvalue weighted by atomic mass is 9.97. The van der Waals surface area contributed by atoms with Gasteiger partial charge in [0.25, 0.3) is 0 Å². The molecule has 0 atom stereocenters. The fraction of sp³-hybridized carbons (Fsp3) is 0. The van der Waals surface area contributed by atoms with E-state index in [9.17, 15) is 0 Å². The van der Waals surface area contributed by atoms with E-state index >= 15 is 0 Å². The van der Waals surface area contributed by atoms with Crippen LogP contribution in [0.1, 0.15) is 0 Å². The van der Waals surface area contributed by atoms with Crippen LogP contribution in [0.4, 0.5) is 17.1 Å². The fourth-order valence-corrected chi connectivity index (χ4v) is 9.68. The Hall–Kier alpha value is -5.74. The second-order valence-corrected chi connectivity index (χ2v) is 14.6. The van der Waals surface area contributed by atoms with Crippen molar-refractivity contribution in [2.24, 2.45) is 0 Å². The monoisotopic (exact) mass is 659 g/mol. The first-order valence-electron chi connectivity index (χ1n) is 16.6. The molecule has 1 nitrogen and oxygen atoms in total. The Morgan fingerprint density at radius 3 is 1.37 bits per heavy atom. The van der Waals surface area contributed by atoms with E-state index in [1.165, 1.54) is 84.7 Å². The van der Waals surface area contributed by atoms with Crippen molar-refractivity contribution in [2.75, 3.05) is 4.90 Å². The predicted octanol–water partition coefficient (Wildman–Crippen LogP) is 14.4. The summed E-state index contributed by atoms with van der Waals surface area (Å²) in [7, 11) is 0. The molecular weight excluding hydrogens is 631 g/mol. The Bertz CT molecular complexity index is 2710. The third-order valence-electron chi connectivity index (χ3n) is 9.66. The van der Waals surface area contributed by atoms with E-state index in [-0.39, 0.29) is 0 Å². The number of rotatable bonds is 5. The molecule has 230 valence electrons. The minimum atomic E-state index is 1.14. The molecule has 2 aromatic heterocycles. The molecule has 8 aromatic carbocycles. The maximum atomic E-state index is 2.48. The van der Waals surface area contributed by atoms with E-state index in [4.69, 9.17) is 0 Å². The quantitative estimate of drug-likeness (QED) is 0.178. The summed E-state index contributed by atoms with van der Waals surface area (Å²) in [5, 5.41) is 7.72. The van der Waals surface area contributed by atoms with Crippen LogP contribution in [0.15, 0.2) is 176 Å². The van der Waals surface area contributed by atoms with Crippen molar-refractivity contribution < 1.29 is 0 Å². The van der Waals surface area contributed by atoms with Crippen molar-refractivity contribution in [3.8, 4) is 22.3 Å². The first kappa shape index (κ1) is 28.3. The summed E-state index contributed by atoms with van der Waals surface area (Å²) >= 11 is 3.76.